The van der Waals surface area contributed by atoms with Gasteiger partial charge in [-0.1, -0.05) is 11.6 Å². The highest BCUT2D eigenvalue weighted by Crippen LogP contribution is 2.19. The SMILES string of the molecule is O=C(NCc1ccncc1)c1ccc(I)c(Cl)c1. The number of hydrogen-bond acceptors (Lipinski definition) is 2. The number of aromatic nitrogens is 1. The summed E-state index contributed by atoms with van der Waals surface area (Å²) in [4.78, 5) is 15.8. The van der Waals surface area contributed by atoms with Crippen molar-refractivity contribution in [3.8, 4) is 0 Å². The van der Waals surface area contributed by atoms with Crippen molar-refractivity contribution in [1.82, 2.24) is 10.3 Å². The standard InChI is InChI=1S/C13H10ClIN2O/c14-11-7-10(1-2-12(11)15)13(18)17-8-9-3-5-16-6-4-9/h1-7H,8H2,(H,17,18). The predicted octanol–water partition coefficient (Wildman–Crippen LogP) is 3.27. The van der Waals surface area contributed by atoms with Gasteiger partial charge in [-0.25, -0.2) is 0 Å². The maximum absolute atomic E-state index is 11.9. The number of hydrogen-bond donors (Lipinski definition) is 1. The van der Waals surface area contributed by atoms with E-state index in [-0.39, 0.29) is 5.91 Å². The summed E-state index contributed by atoms with van der Waals surface area (Å²) < 4.78 is 0.931. The first-order valence-electron chi connectivity index (χ1n) is 5.29. The maximum atomic E-state index is 11.9. The zero-order valence-electron chi connectivity index (χ0n) is 9.36. The Morgan fingerprint density at radius 3 is 2.67 bits per heavy atom. The number of nitrogens with zero attached hydrogens (tertiary/aromatic N) is 1. The molecular formula is C13H10ClIN2O. The summed E-state index contributed by atoms with van der Waals surface area (Å²) in [5, 5.41) is 3.42. The van der Waals surface area contributed by atoms with Crippen molar-refractivity contribution in [3.63, 3.8) is 0 Å². The number of nitrogens with one attached hydrogen (secondary N) is 1. The van der Waals surface area contributed by atoms with Crippen LogP contribution in [0.25, 0.3) is 0 Å². The molecule has 2 rings (SSSR count). The number of rotatable bonds is 3. The Morgan fingerprint density at radius 1 is 1.28 bits per heavy atom. The van der Waals surface area contributed by atoms with Crippen molar-refractivity contribution in [3.05, 3.63) is 62.4 Å². The lowest BCUT2D eigenvalue weighted by atomic mass is 10.2. The van der Waals surface area contributed by atoms with Crippen LogP contribution in [0.2, 0.25) is 5.02 Å². The van der Waals surface area contributed by atoms with E-state index in [0.29, 0.717) is 17.1 Å². The summed E-state index contributed by atoms with van der Waals surface area (Å²) >= 11 is 8.10. The van der Waals surface area contributed by atoms with E-state index in [1.54, 1.807) is 24.5 Å². The molecule has 0 atom stereocenters. The Balaban J connectivity index is 2.02. The van der Waals surface area contributed by atoms with Gasteiger partial charge in [0, 0.05) is 28.1 Å². The Kier molecular flexibility index (Phi) is 4.54. The molecule has 0 aliphatic heterocycles. The summed E-state index contributed by atoms with van der Waals surface area (Å²) in [5.74, 6) is -0.134. The van der Waals surface area contributed by atoms with E-state index >= 15 is 0 Å². The smallest absolute Gasteiger partial charge is 0.251 e. The Bertz CT molecular complexity index is 560. The van der Waals surface area contributed by atoms with Gasteiger partial charge in [0.05, 0.1) is 5.02 Å². The second-order valence-corrected chi connectivity index (χ2v) is 5.24. The molecule has 0 saturated carbocycles. The molecule has 0 radical (unpaired) electrons. The quantitative estimate of drug-likeness (QED) is 0.840. The molecule has 1 aromatic heterocycles. The molecule has 0 aliphatic carbocycles. The molecule has 0 unspecified atom stereocenters. The third-order valence-electron chi connectivity index (χ3n) is 2.38. The lowest BCUT2D eigenvalue weighted by Crippen LogP contribution is -2.22. The van der Waals surface area contributed by atoms with E-state index in [2.05, 4.69) is 32.9 Å². The molecule has 2 aromatic rings. The van der Waals surface area contributed by atoms with Crippen molar-refractivity contribution >= 4 is 40.1 Å². The summed E-state index contributed by atoms with van der Waals surface area (Å²) in [7, 11) is 0. The zero-order valence-corrected chi connectivity index (χ0v) is 12.3. The molecule has 92 valence electrons. The van der Waals surface area contributed by atoms with Crippen molar-refractivity contribution < 1.29 is 4.79 Å². The lowest BCUT2D eigenvalue weighted by molar-refractivity contribution is 0.0951. The van der Waals surface area contributed by atoms with Crippen LogP contribution in [-0.4, -0.2) is 10.9 Å². The molecular weight excluding hydrogens is 363 g/mol. The minimum absolute atomic E-state index is 0.134. The Hall–Kier alpha value is -1.14. The largest absolute Gasteiger partial charge is 0.348 e. The van der Waals surface area contributed by atoms with Crippen LogP contribution in [0.1, 0.15) is 15.9 Å². The minimum Gasteiger partial charge on any atom is -0.348 e. The molecule has 1 N–H and O–H groups in total. The fourth-order valence-electron chi connectivity index (χ4n) is 1.42. The number of carbonyl (C=O) groups excluding carboxylic acids is 1. The normalized spacial score (nSPS) is 10.1. The van der Waals surface area contributed by atoms with Gasteiger partial charge in [-0.05, 0) is 58.5 Å². The van der Waals surface area contributed by atoms with Gasteiger partial charge in [0.25, 0.3) is 5.91 Å². The van der Waals surface area contributed by atoms with Crippen LogP contribution in [0.4, 0.5) is 0 Å². The third kappa shape index (κ3) is 3.43. The average molecular weight is 373 g/mol. The molecule has 1 aromatic carbocycles. The molecule has 0 saturated heterocycles. The number of benzene rings is 1. The molecule has 0 aliphatic rings. The van der Waals surface area contributed by atoms with E-state index in [1.807, 2.05) is 18.2 Å². The van der Waals surface area contributed by atoms with E-state index < -0.39 is 0 Å². The molecule has 0 bridgehead atoms. The average Bonchev–Trinajstić information content (AvgIpc) is 2.40. The highest BCUT2D eigenvalue weighted by atomic mass is 127. The maximum Gasteiger partial charge on any atom is 0.251 e. The first kappa shape index (κ1) is 13.3. The second-order valence-electron chi connectivity index (χ2n) is 3.67. The first-order chi connectivity index (χ1) is 8.66. The van der Waals surface area contributed by atoms with Gasteiger partial charge < -0.3 is 5.32 Å². The topological polar surface area (TPSA) is 42.0 Å². The fraction of sp³-hybridized carbons (Fsp3) is 0.0769. The highest BCUT2D eigenvalue weighted by molar-refractivity contribution is 14.1. The van der Waals surface area contributed by atoms with Gasteiger partial charge in [0.1, 0.15) is 0 Å². The van der Waals surface area contributed by atoms with E-state index in [4.69, 9.17) is 11.6 Å². The molecule has 5 heteroatoms. The van der Waals surface area contributed by atoms with Gasteiger partial charge in [-0.2, -0.15) is 0 Å². The Labute approximate surface area is 124 Å². The van der Waals surface area contributed by atoms with Crippen LogP contribution in [0.5, 0.6) is 0 Å². The van der Waals surface area contributed by atoms with Crippen molar-refractivity contribution in [2.45, 2.75) is 6.54 Å². The van der Waals surface area contributed by atoms with E-state index in [1.165, 1.54) is 0 Å². The summed E-state index contributed by atoms with van der Waals surface area (Å²) in [6.45, 7) is 0.477. The monoisotopic (exact) mass is 372 g/mol. The highest BCUT2D eigenvalue weighted by Gasteiger charge is 2.07. The van der Waals surface area contributed by atoms with Gasteiger partial charge in [0.15, 0.2) is 0 Å². The van der Waals surface area contributed by atoms with Crippen LogP contribution in [0, 0.1) is 3.57 Å². The number of pyridine rings is 1. The van der Waals surface area contributed by atoms with Crippen LogP contribution in [-0.2, 0) is 6.54 Å². The number of halogens is 2. The van der Waals surface area contributed by atoms with Gasteiger partial charge >= 0.3 is 0 Å². The van der Waals surface area contributed by atoms with Crippen molar-refractivity contribution in [2.75, 3.05) is 0 Å². The first-order valence-corrected chi connectivity index (χ1v) is 6.74. The predicted molar refractivity (Wildman–Crippen MR) is 79.6 cm³/mol. The minimum atomic E-state index is -0.134. The van der Waals surface area contributed by atoms with E-state index in [9.17, 15) is 4.79 Å². The summed E-state index contributed by atoms with van der Waals surface area (Å²) in [6, 6.07) is 8.98. The van der Waals surface area contributed by atoms with Crippen molar-refractivity contribution in [1.29, 1.82) is 0 Å². The van der Waals surface area contributed by atoms with Crippen LogP contribution >= 0.6 is 34.2 Å². The van der Waals surface area contributed by atoms with Gasteiger partial charge in [0.2, 0.25) is 0 Å². The molecule has 0 fully saturated rings. The van der Waals surface area contributed by atoms with Gasteiger partial charge in [-0.3, -0.25) is 9.78 Å². The van der Waals surface area contributed by atoms with Crippen LogP contribution in [0.15, 0.2) is 42.7 Å². The van der Waals surface area contributed by atoms with Crippen LogP contribution in [0.3, 0.4) is 0 Å². The molecule has 0 spiro atoms. The lowest BCUT2D eigenvalue weighted by Gasteiger charge is -2.06. The van der Waals surface area contributed by atoms with Crippen LogP contribution < -0.4 is 5.32 Å². The number of amides is 1. The summed E-state index contributed by atoms with van der Waals surface area (Å²) in [5.41, 5.74) is 1.57. The van der Waals surface area contributed by atoms with Crippen molar-refractivity contribution in [2.24, 2.45) is 0 Å². The molecule has 3 nitrogen and oxygen atoms in total. The molecule has 1 heterocycles. The second kappa shape index (κ2) is 6.15. The molecule has 18 heavy (non-hydrogen) atoms. The number of carbonyl (C=O) groups is 1. The third-order valence-corrected chi connectivity index (χ3v) is 3.96. The molecule has 1 amide bonds. The van der Waals surface area contributed by atoms with E-state index in [0.717, 1.165) is 9.13 Å². The fourth-order valence-corrected chi connectivity index (χ4v) is 1.94. The van der Waals surface area contributed by atoms with Gasteiger partial charge in [-0.15, -0.1) is 0 Å². The summed E-state index contributed by atoms with van der Waals surface area (Å²) in [6.07, 6.45) is 3.40. The Morgan fingerprint density at radius 2 is 2.00 bits per heavy atom. The zero-order chi connectivity index (χ0) is 13.0.